The van der Waals surface area contributed by atoms with Crippen LogP contribution in [0, 0.1) is 31.1 Å². The highest BCUT2D eigenvalue weighted by Gasteiger charge is 2.28. The first-order valence-electron chi connectivity index (χ1n) is 3.81. The van der Waals surface area contributed by atoms with E-state index in [2.05, 4.69) is 10.1 Å². The van der Waals surface area contributed by atoms with E-state index in [4.69, 9.17) is 5.21 Å². The van der Waals surface area contributed by atoms with Crippen molar-refractivity contribution in [3.63, 3.8) is 0 Å². The molecule has 0 aromatic carbocycles. The molecule has 0 heterocycles. The second kappa shape index (κ2) is 4.45. The molecule has 65 valence electrons. The second-order valence-corrected chi connectivity index (χ2v) is 2.99. The maximum atomic E-state index is 8.35. The molecule has 0 unspecified atom stereocenters. The summed E-state index contributed by atoms with van der Waals surface area (Å²) in [6.45, 7) is 0.869. The van der Waals surface area contributed by atoms with Crippen LogP contribution in [0.3, 0.4) is 0 Å². The summed E-state index contributed by atoms with van der Waals surface area (Å²) < 4.78 is 0. The van der Waals surface area contributed by atoms with Crippen molar-refractivity contribution >= 4 is 6.21 Å². The third-order valence-electron chi connectivity index (χ3n) is 1.63. The molecule has 1 saturated carbocycles. The maximum Gasteiger partial charge on any atom is 0.0516 e. The predicted octanol–water partition coefficient (Wildman–Crippen LogP) is 0.783. The first-order chi connectivity index (χ1) is 5.74. The smallest absolute Gasteiger partial charge is 0.0516 e. The van der Waals surface area contributed by atoms with Crippen molar-refractivity contribution in [2.45, 2.75) is 0 Å². The van der Waals surface area contributed by atoms with E-state index in [-0.39, 0.29) is 0 Å². The van der Waals surface area contributed by atoms with Gasteiger partial charge in [-0.15, -0.1) is 5.16 Å². The highest BCUT2D eigenvalue weighted by Crippen LogP contribution is 2.31. The monoisotopic (exact) mass is 165 g/mol. The lowest BCUT2D eigenvalue weighted by molar-refractivity contribution is 0.321. The highest BCUT2D eigenvalue weighted by molar-refractivity contribution is 5.84. The van der Waals surface area contributed by atoms with Crippen LogP contribution >= 0.6 is 0 Å². The van der Waals surface area contributed by atoms with E-state index in [0.29, 0.717) is 0 Å². The normalized spacial score (nSPS) is 21.6. The molecule has 0 aromatic heterocycles. The third kappa shape index (κ3) is 2.48. The summed E-state index contributed by atoms with van der Waals surface area (Å²) in [5, 5.41) is 11.4. The Bertz CT molecular complexity index is 157. The van der Waals surface area contributed by atoms with Gasteiger partial charge in [-0.2, -0.15) is 0 Å². The van der Waals surface area contributed by atoms with Crippen molar-refractivity contribution in [1.29, 1.82) is 0 Å². The number of hydrogen-bond donors (Lipinski definition) is 1. The lowest BCUT2D eigenvalue weighted by Crippen LogP contribution is -2.22. The van der Waals surface area contributed by atoms with Gasteiger partial charge >= 0.3 is 0 Å². The lowest BCUT2D eigenvalue weighted by atomic mass is 9.97. The predicted molar refractivity (Wildman–Crippen MR) is 48.2 cm³/mol. The fourth-order valence-corrected chi connectivity index (χ4v) is 1.14. The zero-order valence-electron chi connectivity index (χ0n) is 7.36. The summed E-state index contributed by atoms with van der Waals surface area (Å²) in [5.41, 5.74) is 0. The molecule has 0 aromatic rings. The van der Waals surface area contributed by atoms with Gasteiger partial charge in [0.2, 0.25) is 0 Å². The topological polar surface area (TPSA) is 35.8 Å². The molecule has 5 radical (unpaired) electrons. The van der Waals surface area contributed by atoms with E-state index in [1.807, 2.05) is 33.4 Å². The molecule has 3 heteroatoms. The van der Waals surface area contributed by atoms with Gasteiger partial charge in [0, 0.05) is 18.4 Å². The summed E-state index contributed by atoms with van der Waals surface area (Å²) in [4.78, 5) is 2.07. The van der Waals surface area contributed by atoms with Crippen LogP contribution in [0.5, 0.6) is 0 Å². The highest BCUT2D eigenvalue weighted by atomic mass is 16.4. The van der Waals surface area contributed by atoms with Crippen LogP contribution in [0.4, 0.5) is 0 Å². The van der Waals surface area contributed by atoms with Gasteiger partial charge in [0.05, 0.1) is 6.21 Å². The fraction of sp³-hybridized carbons (Fsp3) is 0.333. The van der Waals surface area contributed by atoms with Crippen LogP contribution in [-0.4, -0.2) is 37.0 Å². The van der Waals surface area contributed by atoms with Gasteiger partial charge in [-0.1, -0.05) is 0 Å². The van der Waals surface area contributed by atoms with Gasteiger partial charge in [-0.3, -0.25) is 0 Å². The standard InChI is InChI=1S/C9H13N2O/c1-11(2)7-9-5-3-4-8(9)6-10-12/h3-6,12H,7H2,1-2H3/b10-6+. The van der Waals surface area contributed by atoms with Crippen molar-refractivity contribution in [2.24, 2.45) is 5.16 Å². The molecular formula is C9H13N2O. The molecule has 3 nitrogen and oxygen atoms in total. The molecule has 1 aliphatic rings. The largest absolute Gasteiger partial charge is 0.411 e. The minimum atomic E-state index is 0.869. The SMILES string of the molecule is CN(C)C[C]1[CH][CH][CH][C]1/C=N/O. The zero-order valence-corrected chi connectivity index (χ0v) is 7.36. The van der Waals surface area contributed by atoms with Gasteiger partial charge in [0.1, 0.15) is 0 Å². The molecule has 0 spiro atoms. The lowest BCUT2D eigenvalue weighted by Gasteiger charge is -2.18. The van der Waals surface area contributed by atoms with Crippen LogP contribution in [-0.2, 0) is 0 Å². The van der Waals surface area contributed by atoms with Crippen molar-refractivity contribution in [3.05, 3.63) is 31.1 Å². The van der Waals surface area contributed by atoms with Crippen molar-refractivity contribution in [3.8, 4) is 0 Å². The van der Waals surface area contributed by atoms with E-state index >= 15 is 0 Å². The van der Waals surface area contributed by atoms with Crippen molar-refractivity contribution in [2.75, 3.05) is 20.6 Å². The van der Waals surface area contributed by atoms with Gasteiger partial charge in [0.25, 0.3) is 0 Å². The Morgan fingerprint density at radius 3 is 2.83 bits per heavy atom. The molecule has 1 aliphatic carbocycles. The van der Waals surface area contributed by atoms with Gasteiger partial charge in [0.15, 0.2) is 0 Å². The third-order valence-corrected chi connectivity index (χ3v) is 1.63. The average Bonchev–Trinajstić information content (AvgIpc) is 2.37. The minimum absolute atomic E-state index is 0.869. The summed E-state index contributed by atoms with van der Waals surface area (Å²) >= 11 is 0. The number of hydrogen-bond acceptors (Lipinski definition) is 3. The maximum absolute atomic E-state index is 8.35. The van der Waals surface area contributed by atoms with Gasteiger partial charge in [-0.05, 0) is 33.4 Å². The molecular weight excluding hydrogens is 152 g/mol. The van der Waals surface area contributed by atoms with E-state index in [9.17, 15) is 0 Å². The Kier molecular flexibility index (Phi) is 3.53. The van der Waals surface area contributed by atoms with E-state index < -0.39 is 0 Å². The van der Waals surface area contributed by atoms with Crippen molar-refractivity contribution < 1.29 is 5.21 Å². The first-order valence-corrected chi connectivity index (χ1v) is 3.81. The molecule has 0 bridgehead atoms. The number of nitrogens with zero attached hydrogens (tertiary/aromatic N) is 2. The molecule has 12 heavy (non-hydrogen) atoms. The number of oxime groups is 1. The minimum Gasteiger partial charge on any atom is -0.411 e. The van der Waals surface area contributed by atoms with Crippen LogP contribution < -0.4 is 0 Å². The van der Waals surface area contributed by atoms with Crippen LogP contribution in [0.25, 0.3) is 0 Å². The van der Waals surface area contributed by atoms with Crippen molar-refractivity contribution in [1.82, 2.24) is 4.90 Å². The molecule has 1 rings (SSSR count). The molecule has 0 atom stereocenters. The van der Waals surface area contributed by atoms with Crippen LogP contribution in [0.1, 0.15) is 0 Å². The zero-order chi connectivity index (χ0) is 8.97. The Morgan fingerprint density at radius 1 is 1.50 bits per heavy atom. The average molecular weight is 165 g/mol. The molecule has 1 fully saturated rings. The second-order valence-electron chi connectivity index (χ2n) is 2.99. The Labute approximate surface area is 74.1 Å². The summed E-state index contributed by atoms with van der Waals surface area (Å²) in [6.07, 6.45) is 7.37. The van der Waals surface area contributed by atoms with Crippen LogP contribution in [0.15, 0.2) is 5.16 Å². The molecule has 0 saturated heterocycles. The van der Waals surface area contributed by atoms with Gasteiger partial charge < -0.3 is 10.1 Å². The Morgan fingerprint density at radius 2 is 2.25 bits per heavy atom. The molecule has 0 amide bonds. The van der Waals surface area contributed by atoms with E-state index in [0.717, 1.165) is 12.5 Å². The fourth-order valence-electron chi connectivity index (χ4n) is 1.14. The summed E-state index contributed by atoms with van der Waals surface area (Å²) in [5.74, 6) is 2.16. The quantitative estimate of drug-likeness (QED) is 0.381. The Balaban J connectivity index is 2.40. The van der Waals surface area contributed by atoms with E-state index in [1.54, 1.807) is 0 Å². The first kappa shape index (κ1) is 9.52. The van der Waals surface area contributed by atoms with Gasteiger partial charge in [-0.25, -0.2) is 0 Å². The van der Waals surface area contributed by atoms with E-state index in [1.165, 1.54) is 12.1 Å². The molecule has 0 aliphatic heterocycles. The summed E-state index contributed by atoms with van der Waals surface area (Å²) in [7, 11) is 4.01. The number of rotatable bonds is 3. The summed E-state index contributed by atoms with van der Waals surface area (Å²) in [6, 6.07) is 0. The van der Waals surface area contributed by atoms with Crippen LogP contribution in [0.2, 0.25) is 0 Å². The Hall–Kier alpha value is -0.570. The molecule has 1 N–H and O–H groups in total.